The summed E-state index contributed by atoms with van der Waals surface area (Å²) in [6, 6.07) is 5.69. The van der Waals surface area contributed by atoms with Gasteiger partial charge in [0.15, 0.2) is 0 Å². The molecule has 104 valence electrons. The fourth-order valence-corrected chi connectivity index (χ4v) is 2.46. The number of nitrogens with one attached hydrogen (secondary N) is 1. The smallest absolute Gasteiger partial charge is 0.253 e. The van der Waals surface area contributed by atoms with E-state index in [-0.39, 0.29) is 16.9 Å². The highest BCUT2D eigenvalue weighted by Gasteiger charge is 2.28. The Morgan fingerprint density at radius 3 is 2.42 bits per heavy atom. The molecule has 6 nitrogen and oxygen atoms in total. The molecule has 1 aliphatic heterocycles. The van der Waals surface area contributed by atoms with E-state index in [0.717, 1.165) is 6.42 Å². The predicted molar refractivity (Wildman–Crippen MR) is 70.0 cm³/mol. The third-order valence-electron chi connectivity index (χ3n) is 2.97. The van der Waals surface area contributed by atoms with Crippen molar-refractivity contribution >= 4 is 21.6 Å². The number of rotatable bonds is 3. The van der Waals surface area contributed by atoms with Crippen LogP contribution in [-0.2, 0) is 19.6 Å². The van der Waals surface area contributed by atoms with E-state index in [4.69, 9.17) is 9.88 Å². The SMILES string of the molecule is CC1CCC(C(=O)Nc2ccc(S(N)(=O)=O)cc2)O1. The molecule has 0 aliphatic carbocycles. The van der Waals surface area contributed by atoms with Crippen molar-refractivity contribution < 1.29 is 17.9 Å². The van der Waals surface area contributed by atoms with Crippen LogP contribution in [0.1, 0.15) is 19.8 Å². The van der Waals surface area contributed by atoms with Gasteiger partial charge in [-0.1, -0.05) is 0 Å². The minimum Gasteiger partial charge on any atom is -0.365 e. The molecule has 0 bridgehead atoms. The molecular formula is C12H16N2O4S. The van der Waals surface area contributed by atoms with Crippen LogP contribution < -0.4 is 10.5 Å². The summed E-state index contributed by atoms with van der Waals surface area (Å²) in [6.45, 7) is 1.92. The molecule has 1 amide bonds. The van der Waals surface area contributed by atoms with E-state index in [2.05, 4.69) is 5.32 Å². The zero-order valence-electron chi connectivity index (χ0n) is 10.5. The first-order valence-electron chi connectivity index (χ1n) is 5.95. The molecule has 2 rings (SSSR count). The number of carbonyl (C=O) groups is 1. The van der Waals surface area contributed by atoms with Crippen molar-refractivity contribution in [3.8, 4) is 0 Å². The molecule has 2 atom stereocenters. The van der Waals surface area contributed by atoms with Gasteiger partial charge >= 0.3 is 0 Å². The Morgan fingerprint density at radius 2 is 1.95 bits per heavy atom. The van der Waals surface area contributed by atoms with Gasteiger partial charge in [0.1, 0.15) is 6.10 Å². The molecule has 2 unspecified atom stereocenters. The van der Waals surface area contributed by atoms with E-state index < -0.39 is 16.1 Å². The van der Waals surface area contributed by atoms with Crippen LogP contribution in [0.3, 0.4) is 0 Å². The molecule has 19 heavy (non-hydrogen) atoms. The van der Waals surface area contributed by atoms with Gasteiger partial charge in [0.2, 0.25) is 10.0 Å². The standard InChI is InChI=1S/C12H16N2O4S/c1-8-2-7-11(18-8)12(15)14-9-3-5-10(6-4-9)19(13,16)17/h3-6,8,11H,2,7H2,1H3,(H,14,15)(H2,13,16,17). The van der Waals surface area contributed by atoms with Crippen LogP contribution in [0.25, 0.3) is 0 Å². The first-order valence-corrected chi connectivity index (χ1v) is 7.50. The summed E-state index contributed by atoms with van der Waals surface area (Å²) in [5.41, 5.74) is 0.514. The lowest BCUT2D eigenvalue weighted by molar-refractivity contribution is -0.126. The number of sulfonamides is 1. The van der Waals surface area contributed by atoms with Gasteiger partial charge in [-0.05, 0) is 44.0 Å². The second-order valence-electron chi connectivity index (χ2n) is 4.57. The number of carbonyl (C=O) groups excluding carboxylic acids is 1. The lowest BCUT2D eigenvalue weighted by Crippen LogP contribution is -2.27. The molecule has 1 fully saturated rings. The molecule has 1 aromatic carbocycles. The molecule has 3 N–H and O–H groups in total. The summed E-state index contributed by atoms with van der Waals surface area (Å²) in [7, 11) is -3.71. The normalized spacial score (nSPS) is 23.3. The minimum absolute atomic E-state index is 0.0104. The number of amides is 1. The van der Waals surface area contributed by atoms with E-state index >= 15 is 0 Å². The van der Waals surface area contributed by atoms with Gasteiger partial charge in [0.05, 0.1) is 11.0 Å². The average Bonchev–Trinajstić information content (AvgIpc) is 2.75. The molecule has 0 aromatic heterocycles. The topological polar surface area (TPSA) is 98.5 Å². The number of hydrogen-bond donors (Lipinski definition) is 2. The molecule has 0 radical (unpaired) electrons. The van der Waals surface area contributed by atoms with Crippen molar-refractivity contribution in [1.29, 1.82) is 0 Å². The highest BCUT2D eigenvalue weighted by Crippen LogP contribution is 2.21. The van der Waals surface area contributed by atoms with E-state index in [1.54, 1.807) is 0 Å². The fourth-order valence-electron chi connectivity index (χ4n) is 1.95. The lowest BCUT2D eigenvalue weighted by Gasteiger charge is -2.11. The van der Waals surface area contributed by atoms with Gasteiger partial charge in [-0.2, -0.15) is 0 Å². The van der Waals surface area contributed by atoms with Gasteiger partial charge in [0, 0.05) is 5.69 Å². The summed E-state index contributed by atoms with van der Waals surface area (Å²) >= 11 is 0. The minimum atomic E-state index is -3.71. The number of anilines is 1. The van der Waals surface area contributed by atoms with Crippen LogP contribution in [0.5, 0.6) is 0 Å². The van der Waals surface area contributed by atoms with Crippen molar-refractivity contribution in [3.05, 3.63) is 24.3 Å². The van der Waals surface area contributed by atoms with Crippen molar-refractivity contribution in [1.82, 2.24) is 0 Å². The summed E-state index contributed by atoms with van der Waals surface area (Å²) in [5.74, 6) is -0.215. The summed E-state index contributed by atoms with van der Waals surface area (Å²) in [5, 5.41) is 7.67. The summed E-state index contributed by atoms with van der Waals surface area (Å²) in [6.07, 6.45) is 1.22. The number of hydrogen-bond acceptors (Lipinski definition) is 4. The van der Waals surface area contributed by atoms with E-state index in [0.29, 0.717) is 12.1 Å². The van der Waals surface area contributed by atoms with Gasteiger partial charge in [-0.3, -0.25) is 4.79 Å². The maximum Gasteiger partial charge on any atom is 0.253 e. The van der Waals surface area contributed by atoms with Crippen molar-refractivity contribution in [3.63, 3.8) is 0 Å². The van der Waals surface area contributed by atoms with Crippen LogP contribution in [-0.4, -0.2) is 26.5 Å². The Hall–Kier alpha value is -1.44. The predicted octanol–water partition coefficient (Wildman–Crippen LogP) is 0.840. The van der Waals surface area contributed by atoms with Gasteiger partial charge in [-0.15, -0.1) is 0 Å². The molecule has 1 aromatic rings. The Morgan fingerprint density at radius 1 is 1.32 bits per heavy atom. The summed E-state index contributed by atoms with van der Waals surface area (Å²) in [4.78, 5) is 11.9. The van der Waals surface area contributed by atoms with Gasteiger partial charge in [0.25, 0.3) is 5.91 Å². The number of nitrogens with two attached hydrogens (primary N) is 1. The molecule has 1 heterocycles. The largest absolute Gasteiger partial charge is 0.365 e. The van der Waals surface area contributed by atoms with Crippen molar-refractivity contribution in [2.24, 2.45) is 5.14 Å². The summed E-state index contributed by atoms with van der Waals surface area (Å²) < 4.78 is 27.6. The quantitative estimate of drug-likeness (QED) is 0.859. The highest BCUT2D eigenvalue weighted by molar-refractivity contribution is 7.89. The van der Waals surface area contributed by atoms with Crippen LogP contribution in [0.4, 0.5) is 5.69 Å². The zero-order chi connectivity index (χ0) is 14.0. The first kappa shape index (κ1) is 14.0. The van der Waals surface area contributed by atoms with Crippen molar-refractivity contribution in [2.45, 2.75) is 36.9 Å². The average molecular weight is 284 g/mol. The van der Waals surface area contributed by atoms with Gasteiger partial charge in [-0.25, -0.2) is 13.6 Å². The van der Waals surface area contributed by atoms with Crippen LogP contribution in [0.15, 0.2) is 29.2 Å². The van der Waals surface area contributed by atoms with Crippen molar-refractivity contribution in [2.75, 3.05) is 5.32 Å². The fraction of sp³-hybridized carbons (Fsp3) is 0.417. The van der Waals surface area contributed by atoms with Crippen LogP contribution >= 0.6 is 0 Å². The number of primary sulfonamides is 1. The zero-order valence-corrected chi connectivity index (χ0v) is 11.3. The van der Waals surface area contributed by atoms with Crippen LogP contribution in [0, 0.1) is 0 Å². The van der Waals surface area contributed by atoms with E-state index in [1.807, 2.05) is 6.92 Å². The Kier molecular flexibility index (Phi) is 3.88. The van der Waals surface area contributed by atoms with E-state index in [9.17, 15) is 13.2 Å². The number of benzene rings is 1. The van der Waals surface area contributed by atoms with Crippen LogP contribution in [0.2, 0.25) is 0 Å². The molecule has 7 heteroatoms. The second-order valence-corrected chi connectivity index (χ2v) is 6.13. The monoisotopic (exact) mass is 284 g/mol. The maximum atomic E-state index is 11.9. The molecule has 1 saturated heterocycles. The third kappa shape index (κ3) is 3.52. The van der Waals surface area contributed by atoms with E-state index in [1.165, 1.54) is 24.3 Å². The molecule has 0 spiro atoms. The molecule has 1 aliphatic rings. The number of ether oxygens (including phenoxy) is 1. The highest BCUT2D eigenvalue weighted by atomic mass is 32.2. The first-order chi connectivity index (χ1) is 8.86. The maximum absolute atomic E-state index is 11.9. The van der Waals surface area contributed by atoms with Gasteiger partial charge < -0.3 is 10.1 Å². The lowest BCUT2D eigenvalue weighted by atomic mass is 10.2. The third-order valence-corrected chi connectivity index (χ3v) is 3.90. The second kappa shape index (κ2) is 5.28. The molecule has 0 saturated carbocycles. The Bertz CT molecular complexity index is 568. The Balaban J connectivity index is 2.02. The molecular weight excluding hydrogens is 268 g/mol. The Labute approximate surface area is 112 Å².